The lowest BCUT2D eigenvalue weighted by Gasteiger charge is -2.18. The second-order valence-electron chi connectivity index (χ2n) is 5.74. The Bertz CT molecular complexity index is 569. The Morgan fingerprint density at radius 3 is 2.18 bits per heavy atom. The second kappa shape index (κ2) is 8.35. The summed E-state index contributed by atoms with van der Waals surface area (Å²) in [4.78, 5) is 12.0. The van der Waals surface area contributed by atoms with Gasteiger partial charge in [-0.05, 0) is 30.5 Å². The molecule has 2 rings (SSSR count). The Morgan fingerprint density at radius 2 is 1.55 bits per heavy atom. The molecule has 1 amide bonds. The second-order valence-corrected chi connectivity index (χ2v) is 5.74. The van der Waals surface area contributed by atoms with Crippen LogP contribution in [0.5, 0.6) is 0 Å². The van der Waals surface area contributed by atoms with E-state index in [0.717, 1.165) is 12.2 Å². The maximum atomic E-state index is 12.0. The van der Waals surface area contributed by atoms with Gasteiger partial charge in [0.15, 0.2) is 0 Å². The number of benzene rings is 2. The van der Waals surface area contributed by atoms with E-state index in [4.69, 9.17) is 0 Å². The molecule has 0 aromatic heterocycles. The molecule has 116 valence electrons. The van der Waals surface area contributed by atoms with E-state index in [-0.39, 0.29) is 11.9 Å². The molecule has 2 N–H and O–H groups in total. The van der Waals surface area contributed by atoms with Gasteiger partial charge in [-0.15, -0.1) is 0 Å². The molecule has 0 fully saturated rings. The zero-order chi connectivity index (χ0) is 15.8. The summed E-state index contributed by atoms with van der Waals surface area (Å²) in [5.74, 6) is 0.472. The molecular weight excluding hydrogens is 272 g/mol. The first-order chi connectivity index (χ1) is 10.6. The van der Waals surface area contributed by atoms with Gasteiger partial charge in [0.1, 0.15) is 0 Å². The van der Waals surface area contributed by atoms with Gasteiger partial charge in [0, 0.05) is 24.7 Å². The van der Waals surface area contributed by atoms with Crippen molar-refractivity contribution in [3.8, 4) is 0 Å². The third kappa shape index (κ3) is 5.34. The van der Waals surface area contributed by atoms with Crippen LogP contribution in [-0.2, 0) is 4.79 Å². The van der Waals surface area contributed by atoms with E-state index in [1.807, 2.05) is 43.3 Å². The Kier molecular flexibility index (Phi) is 6.16. The molecule has 2 aromatic rings. The maximum absolute atomic E-state index is 12.0. The van der Waals surface area contributed by atoms with Crippen molar-refractivity contribution in [2.75, 3.05) is 11.9 Å². The van der Waals surface area contributed by atoms with Gasteiger partial charge in [-0.1, -0.05) is 55.5 Å². The molecule has 0 saturated carbocycles. The van der Waals surface area contributed by atoms with Crippen LogP contribution in [0.3, 0.4) is 0 Å². The average Bonchev–Trinajstić information content (AvgIpc) is 2.54. The van der Waals surface area contributed by atoms with Crippen LogP contribution in [0.4, 0.5) is 5.69 Å². The first-order valence-electron chi connectivity index (χ1n) is 7.78. The van der Waals surface area contributed by atoms with Crippen LogP contribution in [-0.4, -0.2) is 18.5 Å². The minimum Gasteiger partial charge on any atom is -0.326 e. The summed E-state index contributed by atoms with van der Waals surface area (Å²) in [5.41, 5.74) is 2.16. The molecule has 0 saturated heterocycles. The Balaban J connectivity index is 1.73. The largest absolute Gasteiger partial charge is 0.326 e. The molecule has 0 aliphatic carbocycles. The predicted octanol–water partition coefficient (Wildman–Crippen LogP) is 3.80. The minimum absolute atomic E-state index is 0.0403. The van der Waals surface area contributed by atoms with Crippen LogP contribution in [0.2, 0.25) is 0 Å². The number of carbonyl (C=O) groups is 1. The predicted molar refractivity (Wildman–Crippen MR) is 92.0 cm³/mol. The van der Waals surface area contributed by atoms with Gasteiger partial charge in [0.2, 0.25) is 5.91 Å². The van der Waals surface area contributed by atoms with Gasteiger partial charge in [-0.25, -0.2) is 0 Å². The number of nitrogens with one attached hydrogen (secondary N) is 2. The van der Waals surface area contributed by atoms with Crippen molar-refractivity contribution in [3.63, 3.8) is 0 Å². The SMILES string of the molecule is C[C@H](CC(=O)Nc1ccccc1)NC[C@@H](C)c1ccccc1. The average molecular weight is 296 g/mol. The van der Waals surface area contributed by atoms with Crippen molar-refractivity contribution >= 4 is 11.6 Å². The quantitative estimate of drug-likeness (QED) is 0.816. The summed E-state index contributed by atoms with van der Waals surface area (Å²) in [6.45, 7) is 5.10. The van der Waals surface area contributed by atoms with Crippen molar-refractivity contribution < 1.29 is 4.79 Å². The van der Waals surface area contributed by atoms with Crippen molar-refractivity contribution in [3.05, 3.63) is 66.2 Å². The van der Waals surface area contributed by atoms with E-state index < -0.39 is 0 Å². The van der Waals surface area contributed by atoms with Crippen molar-refractivity contribution in [1.82, 2.24) is 5.32 Å². The molecule has 0 heterocycles. The molecule has 22 heavy (non-hydrogen) atoms. The lowest BCUT2D eigenvalue weighted by atomic mass is 10.0. The van der Waals surface area contributed by atoms with Gasteiger partial charge in [0.05, 0.1) is 0 Å². The van der Waals surface area contributed by atoms with Crippen molar-refractivity contribution in [2.24, 2.45) is 0 Å². The number of hydrogen-bond acceptors (Lipinski definition) is 2. The Morgan fingerprint density at radius 1 is 0.955 bits per heavy atom. The molecule has 0 bridgehead atoms. The highest BCUT2D eigenvalue weighted by Gasteiger charge is 2.11. The minimum atomic E-state index is 0.0403. The summed E-state index contributed by atoms with van der Waals surface area (Å²) in [7, 11) is 0. The first kappa shape index (κ1) is 16.2. The van der Waals surface area contributed by atoms with E-state index >= 15 is 0 Å². The zero-order valence-electron chi connectivity index (χ0n) is 13.3. The van der Waals surface area contributed by atoms with Crippen LogP contribution in [0.1, 0.15) is 31.7 Å². The molecule has 0 unspecified atom stereocenters. The van der Waals surface area contributed by atoms with E-state index in [2.05, 4.69) is 41.8 Å². The fourth-order valence-corrected chi connectivity index (χ4v) is 2.36. The maximum Gasteiger partial charge on any atom is 0.225 e. The number of rotatable bonds is 7. The molecule has 2 atom stereocenters. The van der Waals surface area contributed by atoms with E-state index in [1.165, 1.54) is 5.56 Å². The summed E-state index contributed by atoms with van der Waals surface area (Å²) in [6, 6.07) is 20.1. The van der Waals surface area contributed by atoms with E-state index in [9.17, 15) is 4.79 Å². The van der Waals surface area contributed by atoms with Crippen LogP contribution in [0, 0.1) is 0 Å². The van der Waals surface area contributed by atoms with Gasteiger partial charge >= 0.3 is 0 Å². The number of amides is 1. The molecular formula is C19H24N2O. The number of carbonyl (C=O) groups excluding carboxylic acids is 1. The number of anilines is 1. The molecule has 2 aromatic carbocycles. The number of para-hydroxylation sites is 1. The monoisotopic (exact) mass is 296 g/mol. The first-order valence-corrected chi connectivity index (χ1v) is 7.78. The third-order valence-corrected chi connectivity index (χ3v) is 3.69. The van der Waals surface area contributed by atoms with Gasteiger partial charge in [-0.2, -0.15) is 0 Å². The normalized spacial score (nSPS) is 13.4. The smallest absolute Gasteiger partial charge is 0.225 e. The topological polar surface area (TPSA) is 41.1 Å². The summed E-state index contributed by atoms with van der Waals surface area (Å²) < 4.78 is 0. The standard InChI is InChI=1S/C19H24N2O/c1-15(17-9-5-3-6-10-17)14-20-16(2)13-19(22)21-18-11-7-4-8-12-18/h3-12,15-16,20H,13-14H2,1-2H3,(H,21,22)/t15-,16-/m1/s1. The van der Waals surface area contributed by atoms with Crippen LogP contribution in [0.25, 0.3) is 0 Å². The van der Waals surface area contributed by atoms with Crippen LogP contribution < -0.4 is 10.6 Å². The number of hydrogen-bond donors (Lipinski definition) is 2. The fourth-order valence-electron chi connectivity index (χ4n) is 2.36. The Labute approximate surface area is 132 Å². The van der Waals surface area contributed by atoms with E-state index in [1.54, 1.807) is 0 Å². The summed E-state index contributed by atoms with van der Waals surface area (Å²) in [5, 5.41) is 6.35. The van der Waals surface area contributed by atoms with E-state index in [0.29, 0.717) is 12.3 Å². The van der Waals surface area contributed by atoms with Gasteiger partial charge < -0.3 is 10.6 Å². The highest BCUT2D eigenvalue weighted by molar-refractivity contribution is 5.90. The summed E-state index contributed by atoms with van der Waals surface area (Å²) in [6.07, 6.45) is 0.469. The molecule has 0 aliphatic rings. The molecule has 0 spiro atoms. The van der Waals surface area contributed by atoms with Crippen molar-refractivity contribution in [1.29, 1.82) is 0 Å². The van der Waals surface area contributed by atoms with Gasteiger partial charge in [-0.3, -0.25) is 4.79 Å². The molecule has 3 nitrogen and oxygen atoms in total. The third-order valence-electron chi connectivity index (χ3n) is 3.69. The molecule has 0 radical (unpaired) electrons. The molecule has 0 aliphatic heterocycles. The summed E-state index contributed by atoms with van der Waals surface area (Å²) >= 11 is 0. The van der Waals surface area contributed by atoms with Crippen molar-refractivity contribution in [2.45, 2.75) is 32.2 Å². The zero-order valence-corrected chi connectivity index (χ0v) is 13.3. The fraction of sp³-hybridized carbons (Fsp3) is 0.316. The Hall–Kier alpha value is -2.13. The molecule has 3 heteroatoms. The van der Waals surface area contributed by atoms with Gasteiger partial charge in [0.25, 0.3) is 0 Å². The van der Waals surface area contributed by atoms with Crippen LogP contribution >= 0.6 is 0 Å². The highest BCUT2D eigenvalue weighted by atomic mass is 16.1. The lowest BCUT2D eigenvalue weighted by molar-refractivity contribution is -0.116. The lowest BCUT2D eigenvalue weighted by Crippen LogP contribution is -2.33. The highest BCUT2D eigenvalue weighted by Crippen LogP contribution is 2.13. The van der Waals surface area contributed by atoms with Crippen LogP contribution in [0.15, 0.2) is 60.7 Å².